The molecule has 1 rings (SSSR count). The molecule has 0 saturated heterocycles. The van der Waals surface area contributed by atoms with E-state index < -0.39 is 12.6 Å². The molecule has 1 fully saturated rings. The molecule has 0 heterocycles. The summed E-state index contributed by atoms with van der Waals surface area (Å²) < 4.78 is 40.8. The third-order valence-corrected chi connectivity index (χ3v) is 3.09. The number of hydrogen-bond donors (Lipinski definition) is 1. The average molecular weight is 253 g/mol. The van der Waals surface area contributed by atoms with E-state index >= 15 is 0 Å². The summed E-state index contributed by atoms with van der Waals surface area (Å²) in [6, 6.07) is 0.525. The topological polar surface area (TPSA) is 21.3 Å². The lowest BCUT2D eigenvalue weighted by Crippen LogP contribution is -2.37. The molecule has 0 aliphatic heterocycles. The highest BCUT2D eigenvalue weighted by Gasteiger charge is 2.26. The molecule has 0 amide bonds. The van der Waals surface area contributed by atoms with E-state index in [4.69, 9.17) is 4.74 Å². The fourth-order valence-corrected chi connectivity index (χ4v) is 2.07. The number of ether oxygens (including phenoxy) is 1. The first-order valence-electron chi connectivity index (χ1n) is 6.39. The quantitative estimate of drug-likeness (QED) is 0.784. The molecule has 1 aliphatic carbocycles. The van der Waals surface area contributed by atoms with Gasteiger partial charge in [0, 0.05) is 12.6 Å². The summed E-state index contributed by atoms with van der Waals surface area (Å²) in [5.41, 5.74) is 0. The van der Waals surface area contributed by atoms with Crippen LogP contribution in [0, 0.1) is 0 Å². The van der Waals surface area contributed by atoms with Gasteiger partial charge in [-0.05, 0) is 19.8 Å². The molecule has 17 heavy (non-hydrogen) atoms. The van der Waals surface area contributed by atoms with Gasteiger partial charge in [-0.1, -0.05) is 19.3 Å². The Morgan fingerprint density at radius 2 is 1.88 bits per heavy atom. The number of rotatable bonds is 6. The molecule has 1 N–H and O–H groups in total. The van der Waals surface area contributed by atoms with Crippen LogP contribution < -0.4 is 5.32 Å². The van der Waals surface area contributed by atoms with Crippen molar-refractivity contribution in [2.75, 3.05) is 13.2 Å². The second-order valence-corrected chi connectivity index (χ2v) is 4.79. The summed E-state index contributed by atoms with van der Waals surface area (Å²) in [5, 5.41) is 3.36. The number of hydrogen-bond acceptors (Lipinski definition) is 2. The summed E-state index contributed by atoms with van der Waals surface area (Å²) in [6.07, 6.45) is 1.03. The number of alkyl halides is 3. The van der Waals surface area contributed by atoms with E-state index in [1.54, 1.807) is 0 Å². The summed E-state index contributed by atoms with van der Waals surface area (Å²) in [7, 11) is 0. The summed E-state index contributed by atoms with van der Waals surface area (Å²) in [6.45, 7) is 2.21. The van der Waals surface area contributed by atoms with E-state index in [0.717, 1.165) is 0 Å². The maximum absolute atomic E-state index is 11.9. The molecule has 1 saturated carbocycles. The van der Waals surface area contributed by atoms with Gasteiger partial charge in [-0.3, -0.25) is 0 Å². The minimum Gasteiger partial charge on any atom is -0.377 e. The van der Waals surface area contributed by atoms with Crippen molar-refractivity contribution < 1.29 is 17.9 Å². The molecule has 0 spiro atoms. The van der Waals surface area contributed by atoms with E-state index in [9.17, 15) is 13.2 Å². The first-order chi connectivity index (χ1) is 7.97. The molecule has 1 unspecified atom stereocenters. The van der Waals surface area contributed by atoms with Crippen molar-refractivity contribution in [2.24, 2.45) is 0 Å². The van der Waals surface area contributed by atoms with Crippen molar-refractivity contribution in [3.63, 3.8) is 0 Å². The van der Waals surface area contributed by atoms with Gasteiger partial charge in [-0.15, -0.1) is 0 Å². The van der Waals surface area contributed by atoms with Gasteiger partial charge in [0.2, 0.25) is 0 Å². The number of halogens is 3. The molecule has 2 nitrogen and oxygen atoms in total. The zero-order valence-electron chi connectivity index (χ0n) is 10.4. The zero-order valence-corrected chi connectivity index (χ0v) is 10.4. The van der Waals surface area contributed by atoms with Crippen molar-refractivity contribution in [3.05, 3.63) is 0 Å². The minimum atomic E-state index is -4.11. The van der Waals surface area contributed by atoms with Crippen molar-refractivity contribution in [1.29, 1.82) is 0 Å². The lowest BCUT2D eigenvalue weighted by molar-refractivity contribution is -0.148. The molecule has 0 bridgehead atoms. The van der Waals surface area contributed by atoms with Crippen LogP contribution in [0.25, 0.3) is 0 Å². The lowest BCUT2D eigenvalue weighted by Gasteiger charge is -2.24. The van der Waals surface area contributed by atoms with Crippen LogP contribution in [0.4, 0.5) is 13.2 Å². The molecular formula is C12H22F3NO. The standard InChI is InChI=1S/C12H22F3NO/c1-10(17-8-7-12(13,14)15)9-16-11-5-3-2-4-6-11/h10-11,16H,2-9H2,1H3. The van der Waals surface area contributed by atoms with Crippen LogP contribution in [0.2, 0.25) is 0 Å². The van der Waals surface area contributed by atoms with Crippen LogP contribution in [-0.4, -0.2) is 31.5 Å². The van der Waals surface area contributed by atoms with Crippen LogP contribution in [-0.2, 0) is 4.74 Å². The Morgan fingerprint density at radius 1 is 1.24 bits per heavy atom. The van der Waals surface area contributed by atoms with Gasteiger partial charge in [0.1, 0.15) is 0 Å². The Morgan fingerprint density at radius 3 is 2.47 bits per heavy atom. The smallest absolute Gasteiger partial charge is 0.377 e. The SMILES string of the molecule is CC(CNC1CCCCC1)OCCC(F)(F)F. The predicted octanol–water partition coefficient (Wildman–Crippen LogP) is 3.27. The highest BCUT2D eigenvalue weighted by Crippen LogP contribution is 2.19. The molecule has 5 heteroatoms. The first kappa shape index (κ1) is 14.8. The first-order valence-corrected chi connectivity index (χ1v) is 6.39. The highest BCUT2D eigenvalue weighted by atomic mass is 19.4. The predicted molar refractivity (Wildman–Crippen MR) is 61.0 cm³/mol. The van der Waals surface area contributed by atoms with Gasteiger partial charge in [0.05, 0.1) is 19.1 Å². The second-order valence-electron chi connectivity index (χ2n) is 4.79. The van der Waals surface area contributed by atoms with E-state index in [2.05, 4.69) is 5.32 Å². The summed E-state index contributed by atoms with van der Waals surface area (Å²) in [4.78, 5) is 0. The van der Waals surface area contributed by atoms with Crippen LogP contribution >= 0.6 is 0 Å². The van der Waals surface area contributed by atoms with E-state index in [1.165, 1.54) is 32.1 Å². The average Bonchev–Trinajstić information content (AvgIpc) is 2.26. The Labute approximate surface area is 101 Å². The zero-order chi connectivity index (χ0) is 12.7. The van der Waals surface area contributed by atoms with Gasteiger partial charge < -0.3 is 10.1 Å². The van der Waals surface area contributed by atoms with Crippen LogP contribution in [0.1, 0.15) is 45.4 Å². The van der Waals surface area contributed by atoms with Crippen LogP contribution in [0.3, 0.4) is 0 Å². The minimum absolute atomic E-state index is 0.153. The van der Waals surface area contributed by atoms with Gasteiger partial charge in [0.25, 0.3) is 0 Å². The molecule has 1 atom stereocenters. The molecule has 102 valence electrons. The lowest BCUT2D eigenvalue weighted by atomic mass is 9.95. The van der Waals surface area contributed by atoms with Crippen LogP contribution in [0.15, 0.2) is 0 Å². The van der Waals surface area contributed by atoms with Crippen molar-refractivity contribution in [3.8, 4) is 0 Å². The normalized spacial score (nSPS) is 20.5. The molecule has 0 aromatic heterocycles. The fourth-order valence-electron chi connectivity index (χ4n) is 2.07. The van der Waals surface area contributed by atoms with E-state index in [1.807, 2.05) is 6.92 Å². The van der Waals surface area contributed by atoms with Crippen LogP contribution in [0.5, 0.6) is 0 Å². The molecule has 0 aromatic rings. The third kappa shape index (κ3) is 7.60. The summed E-state index contributed by atoms with van der Waals surface area (Å²) in [5.74, 6) is 0. The maximum atomic E-state index is 11.9. The molecule has 0 radical (unpaired) electrons. The molecule has 0 aromatic carbocycles. The fraction of sp³-hybridized carbons (Fsp3) is 1.00. The van der Waals surface area contributed by atoms with Gasteiger partial charge in [-0.2, -0.15) is 13.2 Å². The van der Waals surface area contributed by atoms with E-state index in [-0.39, 0.29) is 12.7 Å². The Balaban J connectivity index is 2.02. The third-order valence-electron chi connectivity index (χ3n) is 3.09. The highest BCUT2D eigenvalue weighted by molar-refractivity contribution is 4.72. The van der Waals surface area contributed by atoms with Gasteiger partial charge in [-0.25, -0.2) is 0 Å². The second kappa shape index (κ2) is 7.21. The monoisotopic (exact) mass is 253 g/mol. The largest absolute Gasteiger partial charge is 0.391 e. The van der Waals surface area contributed by atoms with Gasteiger partial charge in [0.15, 0.2) is 0 Å². The summed E-state index contributed by atoms with van der Waals surface area (Å²) >= 11 is 0. The molecular weight excluding hydrogens is 231 g/mol. The number of nitrogens with one attached hydrogen (secondary N) is 1. The van der Waals surface area contributed by atoms with Crippen molar-refractivity contribution in [2.45, 2.75) is 63.8 Å². The van der Waals surface area contributed by atoms with Crippen molar-refractivity contribution >= 4 is 0 Å². The Bertz CT molecular complexity index is 202. The molecule has 1 aliphatic rings. The Hall–Kier alpha value is -0.290. The van der Waals surface area contributed by atoms with Crippen molar-refractivity contribution in [1.82, 2.24) is 5.32 Å². The van der Waals surface area contributed by atoms with Gasteiger partial charge >= 0.3 is 6.18 Å². The maximum Gasteiger partial charge on any atom is 0.391 e. The van der Waals surface area contributed by atoms with E-state index in [0.29, 0.717) is 12.6 Å². The Kier molecular flexibility index (Phi) is 6.27.